The lowest BCUT2D eigenvalue weighted by Crippen LogP contribution is -2.73. The van der Waals surface area contributed by atoms with Gasteiger partial charge in [0.15, 0.2) is 11.5 Å². The van der Waals surface area contributed by atoms with E-state index in [0.717, 1.165) is 17.7 Å². The van der Waals surface area contributed by atoms with Gasteiger partial charge in [0.25, 0.3) is 0 Å². The number of hydrogen-bond donors (Lipinski definition) is 2. The fourth-order valence-corrected chi connectivity index (χ4v) is 5.53. The summed E-state index contributed by atoms with van der Waals surface area (Å²) in [5.41, 5.74) is 0.00365. The van der Waals surface area contributed by atoms with E-state index in [4.69, 9.17) is 4.74 Å². The van der Waals surface area contributed by atoms with E-state index in [1.165, 1.54) is 7.11 Å². The molecular formula is C20H25NO4. The Labute approximate surface area is 147 Å². The number of hydrogen-bond acceptors (Lipinski definition) is 5. The van der Waals surface area contributed by atoms with Crippen LogP contribution in [-0.4, -0.2) is 52.7 Å². The second-order valence-corrected chi connectivity index (χ2v) is 7.63. The smallest absolute Gasteiger partial charge is 0.161 e. The quantitative estimate of drug-likeness (QED) is 0.821. The molecule has 0 aromatic heterocycles. The molecule has 4 rings (SSSR count). The minimum absolute atomic E-state index is 0.0624. The molecule has 1 unspecified atom stereocenters. The predicted octanol–water partition coefficient (Wildman–Crippen LogP) is 1.94. The molecule has 1 saturated carbocycles. The number of nitrogens with zero attached hydrogens (tertiary/aromatic N) is 1. The van der Waals surface area contributed by atoms with Gasteiger partial charge in [-0.3, -0.25) is 9.69 Å². The highest BCUT2D eigenvalue weighted by molar-refractivity contribution is 5.83. The van der Waals surface area contributed by atoms with Gasteiger partial charge in [-0.15, -0.1) is 6.58 Å². The van der Waals surface area contributed by atoms with Crippen LogP contribution in [0.2, 0.25) is 0 Å². The molecule has 0 amide bonds. The summed E-state index contributed by atoms with van der Waals surface area (Å²) in [5, 5.41) is 22.7. The van der Waals surface area contributed by atoms with Crippen molar-refractivity contribution in [3.63, 3.8) is 0 Å². The Kier molecular flexibility index (Phi) is 3.71. The first-order chi connectivity index (χ1) is 12.0. The molecule has 1 heterocycles. The molecule has 5 heteroatoms. The Bertz CT molecular complexity index is 745. The van der Waals surface area contributed by atoms with Crippen molar-refractivity contribution in [1.29, 1.82) is 0 Å². The molecular weight excluding hydrogens is 318 g/mol. The highest BCUT2D eigenvalue weighted by Crippen LogP contribution is 2.60. The lowest BCUT2D eigenvalue weighted by molar-refractivity contribution is -0.171. The van der Waals surface area contributed by atoms with Crippen molar-refractivity contribution in [2.75, 3.05) is 20.2 Å². The maximum Gasteiger partial charge on any atom is 0.161 e. The van der Waals surface area contributed by atoms with Crippen molar-refractivity contribution >= 4 is 5.78 Å². The number of ketones is 1. The van der Waals surface area contributed by atoms with Crippen LogP contribution >= 0.6 is 0 Å². The van der Waals surface area contributed by atoms with E-state index in [9.17, 15) is 15.0 Å². The first-order valence-electron chi connectivity index (χ1n) is 8.95. The largest absolute Gasteiger partial charge is 0.504 e. The number of carbonyl (C=O) groups excluding carboxylic acids is 1. The average molecular weight is 343 g/mol. The van der Waals surface area contributed by atoms with Crippen molar-refractivity contribution in [3.8, 4) is 11.5 Å². The first kappa shape index (κ1) is 16.6. The fourth-order valence-electron chi connectivity index (χ4n) is 5.53. The number of methoxy groups -OCH3 is 1. The molecule has 134 valence electrons. The molecule has 1 aliphatic heterocycles. The number of piperidine rings is 1. The molecule has 2 aliphatic carbocycles. The fraction of sp³-hybridized carbons (Fsp3) is 0.550. The third-order valence-corrected chi connectivity index (χ3v) is 6.63. The minimum atomic E-state index is -1.01. The van der Waals surface area contributed by atoms with E-state index in [0.29, 0.717) is 38.0 Å². The van der Waals surface area contributed by atoms with Crippen LogP contribution in [0.4, 0.5) is 0 Å². The summed E-state index contributed by atoms with van der Waals surface area (Å²) in [7, 11) is 1.52. The van der Waals surface area contributed by atoms with Crippen LogP contribution in [0.3, 0.4) is 0 Å². The third-order valence-electron chi connectivity index (χ3n) is 6.63. The van der Waals surface area contributed by atoms with Crippen LogP contribution in [0.1, 0.15) is 36.8 Å². The molecule has 3 atom stereocenters. The van der Waals surface area contributed by atoms with Crippen molar-refractivity contribution in [3.05, 3.63) is 35.9 Å². The Morgan fingerprint density at radius 1 is 1.44 bits per heavy atom. The molecule has 2 bridgehead atoms. The lowest BCUT2D eigenvalue weighted by atomic mass is 9.49. The number of Topliss-reactive ketones (excluding diaryl/α,β-unsaturated/α-hetero) is 1. The Morgan fingerprint density at radius 2 is 2.24 bits per heavy atom. The molecule has 1 aromatic carbocycles. The summed E-state index contributed by atoms with van der Waals surface area (Å²) in [6.45, 7) is 5.34. The second kappa shape index (κ2) is 5.58. The van der Waals surface area contributed by atoms with Gasteiger partial charge in [0.2, 0.25) is 0 Å². The number of carbonyl (C=O) groups is 1. The number of phenolic OH excluding ortho intramolecular Hbond substituents is 1. The van der Waals surface area contributed by atoms with E-state index in [-0.39, 0.29) is 24.0 Å². The minimum Gasteiger partial charge on any atom is -0.504 e. The molecule has 2 fully saturated rings. The van der Waals surface area contributed by atoms with Gasteiger partial charge in [0, 0.05) is 36.4 Å². The number of ether oxygens (including phenoxy) is 1. The molecule has 25 heavy (non-hydrogen) atoms. The molecule has 2 N–H and O–H groups in total. The normalized spacial score (nSPS) is 34.2. The lowest BCUT2D eigenvalue weighted by Gasteiger charge is -2.63. The summed E-state index contributed by atoms with van der Waals surface area (Å²) in [4.78, 5) is 14.7. The predicted molar refractivity (Wildman–Crippen MR) is 94.0 cm³/mol. The zero-order valence-corrected chi connectivity index (χ0v) is 14.6. The van der Waals surface area contributed by atoms with Crippen LogP contribution in [0, 0.1) is 0 Å². The van der Waals surface area contributed by atoms with E-state index in [1.807, 2.05) is 12.1 Å². The van der Waals surface area contributed by atoms with Gasteiger partial charge >= 0.3 is 0 Å². The van der Waals surface area contributed by atoms with E-state index < -0.39 is 11.0 Å². The van der Waals surface area contributed by atoms with E-state index in [1.54, 1.807) is 6.07 Å². The molecule has 0 spiro atoms. The maximum absolute atomic E-state index is 12.4. The standard InChI is InChI=1S/C20H25NO4/c1-3-9-21-10-8-19-12-14(22)6-7-20(19,24)16(21)11-13-4-5-15(25-2)18(23)17(13)19/h3-5,16,23-24H,1,6-12H2,2H3/t16-,19?,20-/m1/s1. The van der Waals surface area contributed by atoms with Crippen LogP contribution in [0.15, 0.2) is 24.8 Å². The number of aromatic hydroxyl groups is 1. The molecule has 1 aromatic rings. The van der Waals surface area contributed by atoms with Crippen LogP contribution < -0.4 is 4.74 Å². The summed E-state index contributed by atoms with van der Waals surface area (Å²) in [5.74, 6) is 0.653. The van der Waals surface area contributed by atoms with Crippen LogP contribution in [-0.2, 0) is 16.6 Å². The Balaban J connectivity index is 1.95. The summed E-state index contributed by atoms with van der Waals surface area (Å²) in [6, 6.07) is 3.68. The summed E-state index contributed by atoms with van der Waals surface area (Å²) >= 11 is 0. The van der Waals surface area contributed by atoms with Gasteiger partial charge in [-0.25, -0.2) is 0 Å². The van der Waals surface area contributed by atoms with Gasteiger partial charge in [0.05, 0.1) is 12.7 Å². The first-order valence-corrected chi connectivity index (χ1v) is 8.95. The third kappa shape index (κ3) is 2.06. The number of fused-ring (bicyclic) bond motifs is 1. The van der Waals surface area contributed by atoms with Crippen molar-refractivity contribution < 1.29 is 19.7 Å². The van der Waals surface area contributed by atoms with Crippen LogP contribution in [0.25, 0.3) is 0 Å². The highest BCUT2D eigenvalue weighted by atomic mass is 16.5. The highest BCUT2D eigenvalue weighted by Gasteiger charge is 2.65. The zero-order valence-electron chi connectivity index (χ0n) is 14.6. The van der Waals surface area contributed by atoms with Gasteiger partial charge in [0.1, 0.15) is 5.78 Å². The second-order valence-electron chi connectivity index (χ2n) is 7.63. The van der Waals surface area contributed by atoms with E-state index >= 15 is 0 Å². The van der Waals surface area contributed by atoms with Crippen molar-refractivity contribution in [1.82, 2.24) is 4.90 Å². The molecule has 3 aliphatic rings. The number of benzene rings is 1. The molecule has 5 nitrogen and oxygen atoms in total. The summed E-state index contributed by atoms with van der Waals surface area (Å²) in [6.07, 6.45) is 4.30. The topological polar surface area (TPSA) is 70.0 Å². The average Bonchev–Trinajstić information content (AvgIpc) is 2.58. The zero-order chi connectivity index (χ0) is 17.8. The van der Waals surface area contributed by atoms with Gasteiger partial charge < -0.3 is 14.9 Å². The van der Waals surface area contributed by atoms with Crippen molar-refractivity contribution in [2.24, 2.45) is 0 Å². The summed E-state index contributed by atoms with van der Waals surface area (Å²) < 4.78 is 5.30. The molecule has 1 saturated heterocycles. The Morgan fingerprint density at radius 3 is 2.96 bits per heavy atom. The van der Waals surface area contributed by atoms with Gasteiger partial charge in [-0.1, -0.05) is 12.1 Å². The number of likely N-dealkylation sites (tertiary alicyclic amines) is 1. The molecule has 0 radical (unpaired) electrons. The monoisotopic (exact) mass is 343 g/mol. The number of aliphatic hydroxyl groups is 1. The van der Waals surface area contributed by atoms with E-state index in [2.05, 4.69) is 11.5 Å². The van der Waals surface area contributed by atoms with Gasteiger partial charge in [-0.2, -0.15) is 0 Å². The van der Waals surface area contributed by atoms with Gasteiger partial charge in [-0.05, 0) is 37.4 Å². The maximum atomic E-state index is 12.4. The van der Waals surface area contributed by atoms with Crippen LogP contribution in [0.5, 0.6) is 11.5 Å². The number of rotatable bonds is 3. The van der Waals surface area contributed by atoms with Crippen molar-refractivity contribution in [2.45, 2.75) is 49.2 Å². The Hall–Kier alpha value is -1.85. The SMILES string of the molecule is C=CCN1CCC23CC(=O)CC[C@@]2(O)[C@H]1Cc1ccc(OC)c(O)c13. The number of phenols is 1.